The Morgan fingerprint density at radius 3 is 1.24 bits per heavy atom. The third-order valence-corrected chi connectivity index (χ3v) is 4.92. The van der Waals surface area contributed by atoms with Gasteiger partial charge in [-0.3, -0.25) is 0 Å². The van der Waals surface area contributed by atoms with E-state index in [0.717, 1.165) is 13.1 Å². The Hall–Kier alpha value is 0.600. The van der Waals surface area contributed by atoms with Crippen molar-refractivity contribution in [1.82, 2.24) is 5.32 Å². The van der Waals surface area contributed by atoms with Gasteiger partial charge in [0, 0.05) is 11.3 Å². The minimum atomic E-state index is 0. The summed E-state index contributed by atoms with van der Waals surface area (Å²) in [6.07, 6.45) is 23.0. The van der Waals surface area contributed by atoms with Gasteiger partial charge in [0.1, 0.15) is 0 Å². The average Bonchev–Trinajstić information content (AvgIpc) is 2.52. The maximum Gasteiger partial charge on any atom is 0.0198 e. The van der Waals surface area contributed by atoms with E-state index in [4.69, 9.17) is 0 Å². The van der Waals surface area contributed by atoms with Crippen molar-refractivity contribution in [2.45, 2.75) is 128 Å². The monoisotopic (exact) mass is 393 g/mol. The molecule has 0 saturated heterocycles. The molecule has 1 nitrogen and oxygen atoms in total. The number of rotatable bonds is 19. The smallest absolute Gasteiger partial charge is 0.0198 e. The molecular weight excluding hydrogens is 346 g/mol. The fourth-order valence-corrected chi connectivity index (χ4v) is 3.30. The molecule has 0 aromatic heterocycles. The molecule has 0 aliphatic carbocycles. The van der Waals surface area contributed by atoms with Crippen molar-refractivity contribution in [3.05, 3.63) is 0 Å². The van der Waals surface area contributed by atoms with E-state index in [9.17, 15) is 0 Å². The van der Waals surface area contributed by atoms with Gasteiger partial charge >= 0.3 is 0 Å². The second-order valence-corrected chi connectivity index (χ2v) is 9.50. The Kier molecular flexibility index (Phi) is 23.3. The number of hydrogen-bond acceptors (Lipinski definition) is 2. The molecule has 0 aromatic rings. The van der Waals surface area contributed by atoms with Gasteiger partial charge in [-0.05, 0) is 26.8 Å². The first-order valence-electron chi connectivity index (χ1n) is 11.0. The van der Waals surface area contributed by atoms with E-state index in [-0.39, 0.29) is 17.2 Å². The number of unbranched alkanes of at least 4 members (excludes halogenated alkanes) is 15. The Bertz CT molecular complexity index is 241. The van der Waals surface area contributed by atoms with Crippen molar-refractivity contribution in [2.75, 3.05) is 13.1 Å². The normalized spacial score (nSPS) is 11.5. The molecule has 0 unspecified atom stereocenters. The largest absolute Gasteiger partial charge is 0.315 e. The summed E-state index contributed by atoms with van der Waals surface area (Å²) in [5.41, 5.74) is 0. The molecule has 0 amide bonds. The molecule has 0 bridgehead atoms. The Morgan fingerprint density at radius 1 is 0.600 bits per heavy atom. The van der Waals surface area contributed by atoms with Gasteiger partial charge in [0.05, 0.1) is 0 Å². The molecule has 25 heavy (non-hydrogen) atoms. The fraction of sp³-hybridized carbons (Fsp3) is 1.00. The second kappa shape index (κ2) is 20.9. The van der Waals surface area contributed by atoms with Crippen LogP contribution in [0.15, 0.2) is 0 Å². The summed E-state index contributed by atoms with van der Waals surface area (Å²) in [5, 5.41) is 3.50. The standard InChI is InChI=1S/C22H47NS.ClH/c1-4-5-6-7-8-9-10-11-12-13-14-15-16-17-18-19-20-23-21-22(2,3)24;/h23-24H,4-21H2,1-3H3;1H. The maximum absolute atomic E-state index is 4.53. The Morgan fingerprint density at radius 2 is 0.920 bits per heavy atom. The van der Waals surface area contributed by atoms with Crippen molar-refractivity contribution in [1.29, 1.82) is 0 Å². The lowest BCUT2D eigenvalue weighted by molar-refractivity contribution is 0.520. The average molecular weight is 394 g/mol. The molecule has 0 spiro atoms. The summed E-state index contributed by atoms with van der Waals surface area (Å²) in [7, 11) is 0. The van der Waals surface area contributed by atoms with Gasteiger partial charge in [-0.15, -0.1) is 12.4 Å². The first-order valence-corrected chi connectivity index (χ1v) is 11.4. The first kappa shape index (κ1) is 27.8. The van der Waals surface area contributed by atoms with E-state index in [1.54, 1.807) is 0 Å². The van der Waals surface area contributed by atoms with Crippen LogP contribution >= 0.6 is 25.0 Å². The van der Waals surface area contributed by atoms with Gasteiger partial charge in [-0.2, -0.15) is 12.6 Å². The van der Waals surface area contributed by atoms with E-state index >= 15 is 0 Å². The van der Waals surface area contributed by atoms with Gasteiger partial charge in [0.25, 0.3) is 0 Å². The zero-order valence-electron chi connectivity index (χ0n) is 17.6. The lowest BCUT2D eigenvalue weighted by Crippen LogP contribution is -2.30. The van der Waals surface area contributed by atoms with Crippen LogP contribution in [-0.4, -0.2) is 17.8 Å². The third-order valence-electron chi connectivity index (χ3n) is 4.76. The SMILES string of the molecule is CCCCCCCCCCCCCCCCCCNCC(C)(C)S.Cl. The summed E-state index contributed by atoms with van der Waals surface area (Å²) in [4.78, 5) is 0. The molecule has 0 atom stereocenters. The quantitative estimate of drug-likeness (QED) is 0.167. The van der Waals surface area contributed by atoms with Crippen LogP contribution < -0.4 is 5.32 Å². The highest BCUT2D eigenvalue weighted by molar-refractivity contribution is 7.81. The van der Waals surface area contributed by atoms with Crippen LogP contribution in [0, 0.1) is 0 Å². The van der Waals surface area contributed by atoms with Crippen LogP contribution in [0.2, 0.25) is 0 Å². The summed E-state index contributed by atoms with van der Waals surface area (Å²) in [6, 6.07) is 0. The molecule has 0 aliphatic heterocycles. The molecule has 0 radical (unpaired) electrons. The minimum Gasteiger partial charge on any atom is -0.315 e. The van der Waals surface area contributed by atoms with Gasteiger partial charge in [0.2, 0.25) is 0 Å². The summed E-state index contributed by atoms with van der Waals surface area (Å²) >= 11 is 4.53. The van der Waals surface area contributed by atoms with Crippen LogP contribution in [0.1, 0.15) is 124 Å². The Labute approximate surface area is 171 Å². The highest BCUT2D eigenvalue weighted by Crippen LogP contribution is 2.13. The number of hydrogen-bond donors (Lipinski definition) is 2. The van der Waals surface area contributed by atoms with Gasteiger partial charge < -0.3 is 5.32 Å². The molecule has 0 saturated carbocycles. The summed E-state index contributed by atoms with van der Waals surface area (Å²) < 4.78 is 0.120. The van der Waals surface area contributed by atoms with Crippen molar-refractivity contribution in [3.63, 3.8) is 0 Å². The predicted molar refractivity (Wildman–Crippen MR) is 123 cm³/mol. The molecule has 154 valence electrons. The zero-order valence-corrected chi connectivity index (χ0v) is 19.3. The van der Waals surface area contributed by atoms with Crippen molar-refractivity contribution >= 4 is 25.0 Å². The van der Waals surface area contributed by atoms with Crippen LogP contribution in [0.3, 0.4) is 0 Å². The van der Waals surface area contributed by atoms with Crippen molar-refractivity contribution < 1.29 is 0 Å². The maximum atomic E-state index is 4.53. The highest BCUT2D eigenvalue weighted by atomic mass is 35.5. The number of thiol groups is 1. The molecule has 0 rings (SSSR count). The van der Waals surface area contributed by atoms with Gasteiger partial charge in [-0.25, -0.2) is 0 Å². The Balaban J connectivity index is 0. The number of nitrogens with one attached hydrogen (secondary N) is 1. The highest BCUT2D eigenvalue weighted by Gasteiger charge is 2.09. The van der Waals surface area contributed by atoms with E-state index in [1.165, 1.54) is 103 Å². The molecule has 0 heterocycles. The van der Waals surface area contributed by atoms with Crippen molar-refractivity contribution in [2.24, 2.45) is 0 Å². The van der Waals surface area contributed by atoms with Gasteiger partial charge in [-0.1, -0.05) is 103 Å². The van der Waals surface area contributed by atoms with Crippen LogP contribution in [-0.2, 0) is 0 Å². The fourth-order valence-electron chi connectivity index (χ4n) is 3.19. The lowest BCUT2D eigenvalue weighted by atomic mass is 10.0. The summed E-state index contributed by atoms with van der Waals surface area (Å²) in [6.45, 7) is 8.79. The zero-order chi connectivity index (χ0) is 17.9. The molecule has 0 fully saturated rings. The molecule has 3 heteroatoms. The van der Waals surface area contributed by atoms with Crippen LogP contribution in [0.4, 0.5) is 0 Å². The van der Waals surface area contributed by atoms with Gasteiger partial charge in [0.15, 0.2) is 0 Å². The third kappa shape index (κ3) is 26.9. The number of halogens is 1. The van der Waals surface area contributed by atoms with Crippen LogP contribution in [0.25, 0.3) is 0 Å². The predicted octanol–water partition coefficient (Wildman–Crippen LogP) is 7.97. The molecule has 0 aliphatic rings. The molecular formula is C22H48ClNS. The van der Waals surface area contributed by atoms with E-state index in [2.05, 4.69) is 38.7 Å². The summed E-state index contributed by atoms with van der Waals surface area (Å²) in [5.74, 6) is 0. The van der Waals surface area contributed by atoms with Crippen LogP contribution in [0.5, 0.6) is 0 Å². The topological polar surface area (TPSA) is 12.0 Å². The second-order valence-electron chi connectivity index (χ2n) is 8.29. The van der Waals surface area contributed by atoms with E-state index < -0.39 is 0 Å². The lowest BCUT2D eigenvalue weighted by Gasteiger charge is -2.17. The molecule has 0 aromatic carbocycles. The first-order chi connectivity index (χ1) is 11.6. The van der Waals surface area contributed by atoms with Crippen molar-refractivity contribution in [3.8, 4) is 0 Å². The minimum absolute atomic E-state index is 0. The van der Waals surface area contributed by atoms with E-state index in [0.29, 0.717) is 0 Å². The molecule has 1 N–H and O–H groups in total. The van der Waals surface area contributed by atoms with E-state index in [1.807, 2.05) is 0 Å².